The van der Waals surface area contributed by atoms with E-state index >= 15 is 0 Å². The Morgan fingerprint density at radius 2 is 2.08 bits per heavy atom. The number of halogens is 1. The number of aromatic nitrogens is 1. The van der Waals surface area contributed by atoms with E-state index in [9.17, 15) is 14.7 Å². The average molecular weight is 395 g/mol. The molecule has 2 N–H and O–H groups in total. The van der Waals surface area contributed by atoms with Crippen LogP contribution in [-0.4, -0.2) is 28.0 Å². The average Bonchev–Trinajstić information content (AvgIpc) is 3.23. The van der Waals surface area contributed by atoms with Gasteiger partial charge in [-0.05, 0) is 37.1 Å². The highest BCUT2D eigenvalue weighted by Gasteiger charge is 2.33. The number of carboxylic acids is 1. The quantitative estimate of drug-likeness (QED) is 0.752. The number of benzene rings is 1. The summed E-state index contributed by atoms with van der Waals surface area (Å²) in [4.78, 5) is 27.8. The lowest BCUT2D eigenvalue weighted by Crippen LogP contribution is -2.40. The maximum atomic E-state index is 12.2. The maximum Gasteiger partial charge on any atom is 0.308 e. The minimum Gasteiger partial charge on any atom is -0.486 e. The SMILES string of the molecule is O=C(Cc1csc(COc2ccc(Cl)cc2)n1)N[C@H]1CCC[C@H]1C(=O)O. The molecule has 3 rings (SSSR count). The van der Waals surface area contributed by atoms with Crippen molar-refractivity contribution in [1.82, 2.24) is 10.3 Å². The molecule has 6 nitrogen and oxygen atoms in total. The van der Waals surface area contributed by atoms with Crippen LogP contribution in [0.2, 0.25) is 5.02 Å². The largest absolute Gasteiger partial charge is 0.486 e. The van der Waals surface area contributed by atoms with Crippen LogP contribution in [-0.2, 0) is 22.6 Å². The molecule has 0 aliphatic heterocycles. The summed E-state index contributed by atoms with van der Waals surface area (Å²) in [7, 11) is 0. The molecule has 0 radical (unpaired) electrons. The van der Waals surface area contributed by atoms with Crippen molar-refractivity contribution in [2.75, 3.05) is 0 Å². The number of carbonyl (C=O) groups excluding carboxylic acids is 1. The second-order valence-electron chi connectivity index (χ2n) is 6.20. The van der Waals surface area contributed by atoms with Crippen LogP contribution in [0.3, 0.4) is 0 Å². The van der Waals surface area contributed by atoms with Gasteiger partial charge in [0.15, 0.2) is 0 Å². The maximum absolute atomic E-state index is 12.2. The second-order valence-corrected chi connectivity index (χ2v) is 7.58. The van der Waals surface area contributed by atoms with Gasteiger partial charge in [-0.3, -0.25) is 9.59 Å². The third-order valence-corrected chi connectivity index (χ3v) is 5.42. The molecule has 0 unspecified atom stereocenters. The fourth-order valence-corrected chi connectivity index (χ4v) is 3.85. The summed E-state index contributed by atoms with van der Waals surface area (Å²) >= 11 is 7.26. The van der Waals surface area contributed by atoms with Crippen molar-refractivity contribution in [2.45, 2.75) is 38.3 Å². The predicted octanol–water partition coefficient (Wildman–Crippen LogP) is 3.29. The smallest absolute Gasteiger partial charge is 0.308 e. The minimum atomic E-state index is -0.844. The van der Waals surface area contributed by atoms with Crippen molar-refractivity contribution in [3.8, 4) is 5.75 Å². The van der Waals surface area contributed by atoms with E-state index in [0.717, 1.165) is 11.4 Å². The number of nitrogens with zero attached hydrogens (tertiary/aromatic N) is 1. The van der Waals surface area contributed by atoms with E-state index in [1.165, 1.54) is 11.3 Å². The number of rotatable bonds is 7. The van der Waals surface area contributed by atoms with Crippen LogP contribution in [0.4, 0.5) is 0 Å². The van der Waals surface area contributed by atoms with E-state index in [1.54, 1.807) is 24.3 Å². The first-order chi connectivity index (χ1) is 12.5. The number of hydrogen-bond acceptors (Lipinski definition) is 5. The number of ether oxygens (including phenoxy) is 1. The van der Waals surface area contributed by atoms with E-state index in [1.807, 2.05) is 5.38 Å². The minimum absolute atomic E-state index is 0.139. The van der Waals surface area contributed by atoms with E-state index in [2.05, 4.69) is 10.3 Å². The molecule has 1 aromatic heterocycles. The second kappa shape index (κ2) is 8.51. The molecule has 1 heterocycles. The first-order valence-corrected chi connectivity index (χ1v) is 9.61. The first-order valence-electron chi connectivity index (χ1n) is 8.35. The van der Waals surface area contributed by atoms with E-state index < -0.39 is 11.9 Å². The first kappa shape index (κ1) is 18.7. The molecule has 8 heteroatoms. The molecule has 1 aliphatic rings. The predicted molar refractivity (Wildman–Crippen MR) is 98.5 cm³/mol. The Bertz CT molecular complexity index is 778. The number of aliphatic carboxylic acids is 1. The molecule has 1 amide bonds. The Hall–Kier alpha value is -2.12. The van der Waals surface area contributed by atoms with Crippen LogP contribution in [0.5, 0.6) is 5.75 Å². The van der Waals surface area contributed by atoms with Crippen molar-refractivity contribution in [3.63, 3.8) is 0 Å². The monoisotopic (exact) mass is 394 g/mol. The van der Waals surface area contributed by atoms with Crippen LogP contribution in [0.25, 0.3) is 0 Å². The van der Waals surface area contributed by atoms with Crippen molar-refractivity contribution >= 4 is 34.8 Å². The molecular weight excluding hydrogens is 376 g/mol. The molecule has 0 spiro atoms. The highest BCUT2D eigenvalue weighted by molar-refractivity contribution is 7.09. The summed E-state index contributed by atoms with van der Waals surface area (Å²) in [6.45, 7) is 0.317. The van der Waals surface area contributed by atoms with Crippen LogP contribution in [0.1, 0.15) is 30.0 Å². The number of carboxylic acid groups (broad SMARTS) is 1. The number of amides is 1. The van der Waals surface area contributed by atoms with Crippen LogP contribution in [0, 0.1) is 5.92 Å². The van der Waals surface area contributed by atoms with Gasteiger partial charge in [0.2, 0.25) is 5.91 Å². The van der Waals surface area contributed by atoms with Crippen molar-refractivity contribution < 1.29 is 19.4 Å². The summed E-state index contributed by atoms with van der Waals surface area (Å²) in [6.07, 6.45) is 2.29. The van der Waals surface area contributed by atoms with Crippen LogP contribution < -0.4 is 10.1 Å². The summed E-state index contributed by atoms with van der Waals surface area (Å²) in [5.41, 5.74) is 0.659. The molecule has 0 bridgehead atoms. The van der Waals surface area contributed by atoms with Gasteiger partial charge in [-0.2, -0.15) is 0 Å². The van der Waals surface area contributed by atoms with E-state index in [0.29, 0.717) is 35.9 Å². The van der Waals surface area contributed by atoms with Gasteiger partial charge < -0.3 is 15.2 Å². The van der Waals surface area contributed by atoms with Gasteiger partial charge in [0, 0.05) is 16.4 Å². The molecule has 26 heavy (non-hydrogen) atoms. The number of thiazole rings is 1. The standard InChI is InChI=1S/C18H19ClN2O4S/c19-11-4-6-13(7-5-11)25-9-17-20-12(10-26-17)8-16(22)21-15-3-1-2-14(15)18(23)24/h4-7,10,14-15H,1-3,8-9H2,(H,21,22)(H,23,24)/t14-,15+/m1/s1. The topological polar surface area (TPSA) is 88.5 Å². The number of carbonyl (C=O) groups is 2. The normalized spacial score (nSPS) is 19.3. The van der Waals surface area contributed by atoms with Gasteiger partial charge in [-0.15, -0.1) is 11.3 Å². The zero-order chi connectivity index (χ0) is 18.5. The number of nitrogens with one attached hydrogen (secondary N) is 1. The Labute approximate surface area is 160 Å². The van der Waals surface area contributed by atoms with E-state index in [4.69, 9.17) is 16.3 Å². The highest BCUT2D eigenvalue weighted by atomic mass is 35.5. The van der Waals surface area contributed by atoms with Crippen LogP contribution in [0.15, 0.2) is 29.6 Å². The van der Waals surface area contributed by atoms with Gasteiger partial charge >= 0.3 is 5.97 Å². The van der Waals surface area contributed by atoms with Gasteiger partial charge in [0.1, 0.15) is 17.4 Å². The molecule has 1 saturated carbocycles. The Morgan fingerprint density at radius 3 is 2.81 bits per heavy atom. The molecule has 2 aromatic rings. The zero-order valence-electron chi connectivity index (χ0n) is 14.0. The van der Waals surface area contributed by atoms with Crippen molar-refractivity contribution in [1.29, 1.82) is 0 Å². The van der Waals surface area contributed by atoms with E-state index in [-0.39, 0.29) is 18.4 Å². The lowest BCUT2D eigenvalue weighted by Gasteiger charge is -2.17. The summed E-state index contributed by atoms with van der Waals surface area (Å²) in [5.74, 6) is -0.829. The van der Waals surface area contributed by atoms with Crippen molar-refractivity contribution in [2.24, 2.45) is 5.92 Å². The summed E-state index contributed by atoms with van der Waals surface area (Å²) in [6, 6.07) is 6.78. The molecule has 1 aliphatic carbocycles. The molecule has 0 saturated heterocycles. The Balaban J connectivity index is 1.49. The van der Waals surface area contributed by atoms with Crippen LogP contribution >= 0.6 is 22.9 Å². The fourth-order valence-electron chi connectivity index (χ4n) is 3.02. The molecular formula is C18H19ClN2O4S. The van der Waals surface area contributed by atoms with Gasteiger partial charge in [0.05, 0.1) is 18.0 Å². The van der Waals surface area contributed by atoms with Gasteiger partial charge in [-0.25, -0.2) is 4.98 Å². The third-order valence-electron chi connectivity index (χ3n) is 4.30. The third kappa shape index (κ3) is 4.95. The Morgan fingerprint density at radius 1 is 1.31 bits per heavy atom. The van der Waals surface area contributed by atoms with Gasteiger partial charge in [-0.1, -0.05) is 18.0 Å². The zero-order valence-corrected chi connectivity index (χ0v) is 15.6. The summed E-state index contributed by atoms with van der Waals surface area (Å²) in [5, 5.41) is 15.2. The highest BCUT2D eigenvalue weighted by Crippen LogP contribution is 2.26. The number of hydrogen-bond donors (Lipinski definition) is 2. The lowest BCUT2D eigenvalue weighted by molar-refractivity contribution is -0.142. The van der Waals surface area contributed by atoms with Gasteiger partial charge in [0.25, 0.3) is 0 Å². The fraction of sp³-hybridized carbons (Fsp3) is 0.389. The molecule has 138 valence electrons. The molecule has 1 aromatic carbocycles. The summed E-state index contributed by atoms with van der Waals surface area (Å²) < 4.78 is 5.64. The molecule has 2 atom stereocenters. The Kier molecular flexibility index (Phi) is 6.11. The molecule has 1 fully saturated rings. The lowest BCUT2D eigenvalue weighted by atomic mass is 10.0. The van der Waals surface area contributed by atoms with Crippen molar-refractivity contribution in [3.05, 3.63) is 45.4 Å².